The number of carbonyl (C=O) groups is 1. The van der Waals surface area contributed by atoms with Crippen molar-refractivity contribution in [2.24, 2.45) is 0 Å². The smallest absolute Gasteiger partial charge is 0.342 e. The average molecular weight is 324 g/mol. The standard InChI is InChI=1S/C19H20N2O3/c1-13-18(19(22)24-12-17-9-10-23-15(17)3)14(2)21(20-13)11-16-7-5-4-6-8-16/h4-10H,11-12H2,1-3H3. The molecule has 2 aromatic heterocycles. The Kier molecular flexibility index (Phi) is 4.51. The van der Waals surface area contributed by atoms with Crippen LogP contribution in [0.2, 0.25) is 0 Å². The fourth-order valence-corrected chi connectivity index (χ4v) is 2.68. The van der Waals surface area contributed by atoms with E-state index in [-0.39, 0.29) is 12.6 Å². The second kappa shape index (κ2) is 6.74. The molecule has 0 fully saturated rings. The molecule has 5 heteroatoms. The molecule has 5 nitrogen and oxygen atoms in total. The molecule has 24 heavy (non-hydrogen) atoms. The Balaban J connectivity index is 1.76. The van der Waals surface area contributed by atoms with Gasteiger partial charge in [0.2, 0.25) is 0 Å². The predicted octanol–water partition coefficient (Wildman–Crippen LogP) is 3.81. The average Bonchev–Trinajstić information content (AvgIpc) is 3.09. The minimum atomic E-state index is -0.357. The lowest BCUT2D eigenvalue weighted by atomic mass is 10.2. The van der Waals surface area contributed by atoms with Gasteiger partial charge in [-0.2, -0.15) is 5.10 Å². The zero-order valence-electron chi connectivity index (χ0n) is 14.1. The molecule has 0 bridgehead atoms. The van der Waals surface area contributed by atoms with Gasteiger partial charge in [-0.1, -0.05) is 30.3 Å². The van der Waals surface area contributed by atoms with Crippen LogP contribution in [-0.2, 0) is 17.9 Å². The maximum atomic E-state index is 12.5. The highest BCUT2D eigenvalue weighted by molar-refractivity contribution is 5.91. The SMILES string of the molecule is Cc1nn(Cc2ccccc2)c(C)c1C(=O)OCc1ccoc1C. The van der Waals surface area contributed by atoms with Crippen molar-refractivity contribution in [3.63, 3.8) is 0 Å². The summed E-state index contributed by atoms with van der Waals surface area (Å²) in [6.07, 6.45) is 1.59. The van der Waals surface area contributed by atoms with Crippen LogP contribution in [0.4, 0.5) is 0 Å². The highest BCUT2D eigenvalue weighted by Gasteiger charge is 2.20. The van der Waals surface area contributed by atoms with Crippen molar-refractivity contribution in [1.29, 1.82) is 0 Å². The molecule has 0 amide bonds. The van der Waals surface area contributed by atoms with Crippen LogP contribution in [0.15, 0.2) is 47.1 Å². The first-order chi connectivity index (χ1) is 11.6. The Morgan fingerprint density at radius 3 is 2.58 bits per heavy atom. The van der Waals surface area contributed by atoms with E-state index < -0.39 is 0 Å². The van der Waals surface area contributed by atoms with Gasteiger partial charge >= 0.3 is 5.97 Å². The molecule has 0 aliphatic heterocycles. The zero-order chi connectivity index (χ0) is 17.1. The van der Waals surface area contributed by atoms with E-state index >= 15 is 0 Å². The molecule has 0 atom stereocenters. The first-order valence-electron chi connectivity index (χ1n) is 7.84. The summed E-state index contributed by atoms with van der Waals surface area (Å²) in [5.41, 5.74) is 4.03. The second-order valence-corrected chi connectivity index (χ2v) is 5.77. The maximum absolute atomic E-state index is 12.5. The largest absolute Gasteiger partial charge is 0.469 e. The monoisotopic (exact) mass is 324 g/mol. The number of carbonyl (C=O) groups excluding carboxylic acids is 1. The van der Waals surface area contributed by atoms with Gasteiger partial charge < -0.3 is 9.15 Å². The second-order valence-electron chi connectivity index (χ2n) is 5.77. The summed E-state index contributed by atoms with van der Waals surface area (Å²) in [5.74, 6) is 0.404. The molecule has 2 heterocycles. The van der Waals surface area contributed by atoms with Crippen LogP contribution < -0.4 is 0 Å². The highest BCUT2D eigenvalue weighted by Crippen LogP contribution is 2.18. The van der Waals surface area contributed by atoms with Crippen LogP contribution in [0.25, 0.3) is 0 Å². The minimum Gasteiger partial charge on any atom is -0.469 e. The summed E-state index contributed by atoms with van der Waals surface area (Å²) < 4.78 is 12.5. The Hall–Kier alpha value is -2.82. The third-order valence-electron chi connectivity index (χ3n) is 4.09. The van der Waals surface area contributed by atoms with Gasteiger partial charge in [0, 0.05) is 5.56 Å². The number of ether oxygens (including phenoxy) is 1. The Bertz CT molecular complexity index is 847. The van der Waals surface area contributed by atoms with Crippen LogP contribution >= 0.6 is 0 Å². The lowest BCUT2D eigenvalue weighted by molar-refractivity contribution is 0.0469. The summed E-state index contributed by atoms with van der Waals surface area (Å²) in [6, 6.07) is 11.8. The quantitative estimate of drug-likeness (QED) is 0.670. The van der Waals surface area contributed by atoms with E-state index in [2.05, 4.69) is 5.10 Å². The van der Waals surface area contributed by atoms with E-state index in [4.69, 9.17) is 9.15 Å². The molecule has 3 aromatic rings. The van der Waals surface area contributed by atoms with Crippen molar-refractivity contribution < 1.29 is 13.9 Å². The summed E-state index contributed by atoms with van der Waals surface area (Å²) in [4.78, 5) is 12.5. The van der Waals surface area contributed by atoms with Crippen molar-refractivity contribution in [2.75, 3.05) is 0 Å². The van der Waals surface area contributed by atoms with Crippen molar-refractivity contribution >= 4 is 5.97 Å². The summed E-state index contributed by atoms with van der Waals surface area (Å²) >= 11 is 0. The fourth-order valence-electron chi connectivity index (χ4n) is 2.68. The van der Waals surface area contributed by atoms with Gasteiger partial charge in [0.25, 0.3) is 0 Å². The van der Waals surface area contributed by atoms with Crippen molar-refractivity contribution in [3.05, 3.63) is 76.5 Å². The Morgan fingerprint density at radius 2 is 1.92 bits per heavy atom. The molecule has 1 aromatic carbocycles. The number of benzene rings is 1. The first kappa shape index (κ1) is 16.1. The van der Waals surface area contributed by atoms with Gasteiger partial charge in [0.1, 0.15) is 17.9 Å². The molecule has 0 N–H and O–H groups in total. The number of rotatable bonds is 5. The Morgan fingerprint density at radius 1 is 1.17 bits per heavy atom. The minimum absolute atomic E-state index is 0.198. The van der Waals surface area contributed by atoms with Crippen LogP contribution in [0.5, 0.6) is 0 Å². The molecule has 0 spiro atoms. The van der Waals surface area contributed by atoms with Crippen LogP contribution in [0.1, 0.15) is 38.6 Å². The third kappa shape index (κ3) is 3.25. The van der Waals surface area contributed by atoms with E-state index in [1.165, 1.54) is 0 Å². The molecule has 3 rings (SSSR count). The topological polar surface area (TPSA) is 57.3 Å². The number of furan rings is 1. The van der Waals surface area contributed by atoms with Gasteiger partial charge in [-0.05, 0) is 32.4 Å². The number of esters is 1. The Labute approximate surface area is 140 Å². The molecular formula is C19H20N2O3. The van der Waals surface area contributed by atoms with E-state index in [1.54, 1.807) is 12.3 Å². The lowest BCUT2D eigenvalue weighted by Gasteiger charge is -2.06. The van der Waals surface area contributed by atoms with Crippen molar-refractivity contribution in [2.45, 2.75) is 33.9 Å². The van der Waals surface area contributed by atoms with Gasteiger partial charge in [0.05, 0.1) is 24.2 Å². The summed E-state index contributed by atoms with van der Waals surface area (Å²) in [5, 5.41) is 4.49. The van der Waals surface area contributed by atoms with Gasteiger partial charge in [-0.3, -0.25) is 4.68 Å². The summed E-state index contributed by atoms with van der Waals surface area (Å²) in [6.45, 7) is 6.39. The number of aryl methyl sites for hydroxylation is 2. The maximum Gasteiger partial charge on any atom is 0.342 e. The number of nitrogens with zero attached hydrogens (tertiary/aromatic N) is 2. The van der Waals surface area contributed by atoms with Gasteiger partial charge in [-0.25, -0.2) is 4.79 Å². The molecule has 124 valence electrons. The van der Waals surface area contributed by atoms with Gasteiger partial charge in [-0.15, -0.1) is 0 Å². The third-order valence-corrected chi connectivity index (χ3v) is 4.09. The molecule has 0 unspecified atom stereocenters. The highest BCUT2D eigenvalue weighted by atomic mass is 16.5. The van der Waals surface area contributed by atoms with E-state index in [1.807, 2.05) is 55.8 Å². The van der Waals surface area contributed by atoms with Gasteiger partial charge in [0.15, 0.2) is 0 Å². The number of aromatic nitrogens is 2. The molecule has 0 aliphatic carbocycles. The van der Waals surface area contributed by atoms with Crippen molar-refractivity contribution in [1.82, 2.24) is 9.78 Å². The molecule has 0 aliphatic rings. The van der Waals surface area contributed by atoms with Crippen LogP contribution in [0.3, 0.4) is 0 Å². The first-order valence-corrected chi connectivity index (χ1v) is 7.84. The van der Waals surface area contributed by atoms with Crippen LogP contribution in [-0.4, -0.2) is 15.7 Å². The molecule has 0 saturated heterocycles. The molecular weight excluding hydrogens is 304 g/mol. The molecule has 0 saturated carbocycles. The van der Waals surface area contributed by atoms with E-state index in [0.717, 1.165) is 22.6 Å². The summed E-state index contributed by atoms with van der Waals surface area (Å²) in [7, 11) is 0. The lowest BCUT2D eigenvalue weighted by Crippen LogP contribution is -2.09. The number of hydrogen-bond donors (Lipinski definition) is 0. The van der Waals surface area contributed by atoms with Crippen LogP contribution in [0, 0.1) is 20.8 Å². The number of hydrogen-bond acceptors (Lipinski definition) is 4. The van der Waals surface area contributed by atoms with E-state index in [0.29, 0.717) is 17.8 Å². The fraction of sp³-hybridized carbons (Fsp3) is 0.263. The normalized spacial score (nSPS) is 10.8. The van der Waals surface area contributed by atoms with Crippen molar-refractivity contribution in [3.8, 4) is 0 Å². The zero-order valence-corrected chi connectivity index (χ0v) is 14.1. The van der Waals surface area contributed by atoms with E-state index in [9.17, 15) is 4.79 Å². The predicted molar refractivity (Wildman–Crippen MR) is 89.8 cm³/mol. The molecule has 0 radical (unpaired) electrons.